The zero-order valence-electron chi connectivity index (χ0n) is 13.1. The summed E-state index contributed by atoms with van der Waals surface area (Å²) in [5.41, 5.74) is 5.31. The van der Waals surface area contributed by atoms with Crippen molar-refractivity contribution in [3.05, 3.63) is 64.1 Å². The molecule has 0 fully saturated rings. The van der Waals surface area contributed by atoms with Crippen molar-refractivity contribution in [2.45, 2.75) is 20.3 Å². The van der Waals surface area contributed by atoms with E-state index >= 15 is 0 Å². The maximum atomic E-state index is 5.32. The van der Waals surface area contributed by atoms with Gasteiger partial charge >= 0.3 is 0 Å². The molecule has 0 bridgehead atoms. The molecular formula is C20H19BrO. The van der Waals surface area contributed by atoms with E-state index in [1.807, 2.05) is 6.07 Å². The van der Waals surface area contributed by atoms with Crippen molar-refractivity contribution in [3.63, 3.8) is 0 Å². The quantitative estimate of drug-likeness (QED) is 0.548. The van der Waals surface area contributed by atoms with E-state index in [9.17, 15) is 0 Å². The molecule has 1 nitrogen and oxygen atoms in total. The minimum absolute atomic E-state index is 0.900. The first-order valence-electron chi connectivity index (χ1n) is 7.50. The highest BCUT2D eigenvalue weighted by atomic mass is 79.9. The largest absolute Gasteiger partial charge is 0.497 e. The molecular weight excluding hydrogens is 336 g/mol. The molecule has 0 radical (unpaired) electrons. The molecule has 0 spiro atoms. The third kappa shape index (κ3) is 2.64. The number of halogens is 1. The number of fused-ring (bicyclic) bond motifs is 1. The third-order valence-corrected chi connectivity index (χ3v) is 4.73. The van der Waals surface area contributed by atoms with Gasteiger partial charge in [0, 0.05) is 4.47 Å². The number of ether oxygens (including phenoxy) is 1. The third-order valence-electron chi connectivity index (χ3n) is 4.23. The molecule has 0 aliphatic heterocycles. The molecule has 0 N–H and O–H groups in total. The van der Waals surface area contributed by atoms with E-state index in [0.29, 0.717) is 0 Å². The summed E-state index contributed by atoms with van der Waals surface area (Å²) in [5, 5.41) is 2.50. The van der Waals surface area contributed by atoms with Crippen LogP contribution < -0.4 is 4.74 Å². The lowest BCUT2D eigenvalue weighted by Crippen LogP contribution is -1.92. The smallest absolute Gasteiger partial charge is 0.119 e. The van der Waals surface area contributed by atoms with Gasteiger partial charge in [-0.1, -0.05) is 47.1 Å². The van der Waals surface area contributed by atoms with Gasteiger partial charge in [0.15, 0.2) is 0 Å². The van der Waals surface area contributed by atoms with E-state index in [4.69, 9.17) is 4.74 Å². The predicted octanol–water partition coefficient (Wildman–Crippen LogP) is 6.15. The lowest BCUT2D eigenvalue weighted by molar-refractivity contribution is 0.415. The second-order valence-corrected chi connectivity index (χ2v) is 6.40. The van der Waals surface area contributed by atoms with Crippen LogP contribution in [0, 0.1) is 6.92 Å². The molecule has 0 aliphatic rings. The Balaban J connectivity index is 2.22. The standard InChI is InChI=1S/C20H19BrO/c1-4-14-11-16(21)6-9-20(14)19-8-5-15-12-17(22-3)7-10-18(15)13(19)2/h5-12H,4H2,1-3H3. The topological polar surface area (TPSA) is 9.23 Å². The first kappa shape index (κ1) is 15.1. The Hall–Kier alpha value is -1.80. The second kappa shape index (κ2) is 6.13. The summed E-state index contributed by atoms with van der Waals surface area (Å²) in [5.74, 6) is 0.900. The highest BCUT2D eigenvalue weighted by molar-refractivity contribution is 9.10. The summed E-state index contributed by atoms with van der Waals surface area (Å²) in [6.07, 6.45) is 1.02. The molecule has 0 saturated heterocycles. The molecule has 0 aliphatic carbocycles. The zero-order chi connectivity index (χ0) is 15.7. The van der Waals surface area contributed by atoms with Gasteiger partial charge in [-0.05, 0) is 70.6 Å². The highest BCUT2D eigenvalue weighted by Crippen LogP contribution is 2.34. The monoisotopic (exact) mass is 354 g/mol. The Morgan fingerprint density at radius 3 is 2.45 bits per heavy atom. The van der Waals surface area contributed by atoms with E-state index < -0.39 is 0 Å². The SMILES string of the molecule is CCc1cc(Br)ccc1-c1ccc2cc(OC)ccc2c1C. The van der Waals surface area contributed by atoms with Gasteiger partial charge in [-0.2, -0.15) is 0 Å². The Morgan fingerprint density at radius 2 is 1.73 bits per heavy atom. The number of aryl methyl sites for hydroxylation is 2. The molecule has 0 amide bonds. The van der Waals surface area contributed by atoms with Crippen LogP contribution in [0.25, 0.3) is 21.9 Å². The first-order valence-corrected chi connectivity index (χ1v) is 8.29. The molecule has 22 heavy (non-hydrogen) atoms. The Kier molecular flexibility index (Phi) is 4.21. The van der Waals surface area contributed by atoms with Gasteiger partial charge in [0.25, 0.3) is 0 Å². The normalized spacial score (nSPS) is 10.9. The van der Waals surface area contributed by atoms with Gasteiger partial charge in [-0.3, -0.25) is 0 Å². The molecule has 0 saturated carbocycles. The summed E-state index contributed by atoms with van der Waals surface area (Å²) < 4.78 is 6.46. The van der Waals surface area contributed by atoms with Crippen LogP contribution in [-0.2, 0) is 6.42 Å². The van der Waals surface area contributed by atoms with Crippen LogP contribution in [0.4, 0.5) is 0 Å². The van der Waals surface area contributed by atoms with Gasteiger partial charge in [-0.15, -0.1) is 0 Å². The van der Waals surface area contributed by atoms with E-state index in [2.05, 4.69) is 72.2 Å². The lowest BCUT2D eigenvalue weighted by atomic mass is 9.91. The molecule has 3 aromatic carbocycles. The Morgan fingerprint density at radius 1 is 0.955 bits per heavy atom. The van der Waals surface area contributed by atoms with Crippen LogP contribution in [0.15, 0.2) is 53.0 Å². The molecule has 112 valence electrons. The van der Waals surface area contributed by atoms with Crippen LogP contribution in [0.2, 0.25) is 0 Å². The van der Waals surface area contributed by atoms with Crippen molar-refractivity contribution in [2.75, 3.05) is 7.11 Å². The van der Waals surface area contributed by atoms with Crippen molar-refractivity contribution in [3.8, 4) is 16.9 Å². The fourth-order valence-electron chi connectivity index (χ4n) is 3.00. The molecule has 0 unspecified atom stereocenters. The molecule has 0 atom stereocenters. The summed E-state index contributed by atoms with van der Waals surface area (Å²) >= 11 is 3.57. The number of benzene rings is 3. The average molecular weight is 355 g/mol. The van der Waals surface area contributed by atoms with E-state index in [1.165, 1.54) is 33.0 Å². The van der Waals surface area contributed by atoms with Gasteiger partial charge in [0.05, 0.1) is 7.11 Å². The van der Waals surface area contributed by atoms with Crippen molar-refractivity contribution < 1.29 is 4.74 Å². The van der Waals surface area contributed by atoms with Crippen molar-refractivity contribution >= 4 is 26.7 Å². The van der Waals surface area contributed by atoms with Gasteiger partial charge in [-0.25, -0.2) is 0 Å². The molecule has 3 rings (SSSR count). The van der Waals surface area contributed by atoms with Crippen LogP contribution in [0.1, 0.15) is 18.1 Å². The number of methoxy groups -OCH3 is 1. The van der Waals surface area contributed by atoms with E-state index in [-0.39, 0.29) is 0 Å². The molecule has 3 aromatic rings. The second-order valence-electron chi connectivity index (χ2n) is 5.48. The maximum absolute atomic E-state index is 5.32. The van der Waals surface area contributed by atoms with Crippen LogP contribution in [-0.4, -0.2) is 7.11 Å². The maximum Gasteiger partial charge on any atom is 0.119 e. The van der Waals surface area contributed by atoms with Crippen molar-refractivity contribution in [1.29, 1.82) is 0 Å². The van der Waals surface area contributed by atoms with Crippen LogP contribution >= 0.6 is 15.9 Å². The fraction of sp³-hybridized carbons (Fsp3) is 0.200. The van der Waals surface area contributed by atoms with Crippen molar-refractivity contribution in [2.24, 2.45) is 0 Å². The molecule has 0 aromatic heterocycles. The van der Waals surface area contributed by atoms with Gasteiger partial charge < -0.3 is 4.74 Å². The van der Waals surface area contributed by atoms with Gasteiger partial charge in [0.2, 0.25) is 0 Å². The summed E-state index contributed by atoms with van der Waals surface area (Å²) in [7, 11) is 1.71. The number of rotatable bonds is 3. The summed E-state index contributed by atoms with van der Waals surface area (Å²) in [4.78, 5) is 0. The average Bonchev–Trinajstić information content (AvgIpc) is 2.55. The van der Waals surface area contributed by atoms with E-state index in [0.717, 1.165) is 16.6 Å². The Bertz CT molecular complexity index is 836. The van der Waals surface area contributed by atoms with E-state index in [1.54, 1.807) is 7.11 Å². The summed E-state index contributed by atoms with van der Waals surface area (Å²) in [6.45, 7) is 4.40. The number of hydrogen-bond donors (Lipinski definition) is 0. The van der Waals surface area contributed by atoms with Crippen molar-refractivity contribution in [1.82, 2.24) is 0 Å². The lowest BCUT2D eigenvalue weighted by Gasteiger charge is -2.14. The Labute approximate surface area is 140 Å². The summed E-state index contributed by atoms with van der Waals surface area (Å²) in [6, 6.07) is 17.2. The molecule has 0 heterocycles. The molecule has 2 heteroatoms. The number of hydrogen-bond acceptors (Lipinski definition) is 1. The first-order chi connectivity index (χ1) is 10.6. The minimum atomic E-state index is 0.900. The zero-order valence-corrected chi connectivity index (χ0v) is 14.7. The van der Waals surface area contributed by atoms with Gasteiger partial charge in [0.1, 0.15) is 5.75 Å². The fourth-order valence-corrected chi connectivity index (χ4v) is 3.41. The van der Waals surface area contributed by atoms with Crippen LogP contribution in [0.3, 0.4) is 0 Å². The van der Waals surface area contributed by atoms with Crippen LogP contribution in [0.5, 0.6) is 5.75 Å². The minimum Gasteiger partial charge on any atom is -0.497 e. The highest BCUT2D eigenvalue weighted by Gasteiger charge is 2.10. The predicted molar refractivity (Wildman–Crippen MR) is 97.8 cm³/mol.